The highest BCUT2D eigenvalue weighted by atomic mass is 32.2. The summed E-state index contributed by atoms with van der Waals surface area (Å²) in [7, 11) is -3.33. The zero-order chi connectivity index (χ0) is 26.7. The van der Waals surface area contributed by atoms with E-state index in [4.69, 9.17) is 9.90 Å². The molecule has 190 valence electrons. The summed E-state index contributed by atoms with van der Waals surface area (Å²) in [5.41, 5.74) is 2.90. The first-order valence-corrected chi connectivity index (χ1v) is 11.9. The Bertz CT molecular complexity index is 1520. The number of nitrogens with one attached hydrogen (secondary N) is 3. The molecule has 3 aromatic heterocycles. The first-order chi connectivity index (χ1) is 16.7. The largest absolute Gasteiger partial charge is 0.490 e. The van der Waals surface area contributed by atoms with Crippen molar-refractivity contribution in [1.29, 1.82) is 0 Å². The zero-order valence-electron chi connectivity index (χ0n) is 19.0. The number of aromatic amines is 1. The Kier molecular flexibility index (Phi) is 7.43. The molecule has 0 aliphatic rings. The predicted octanol–water partition coefficient (Wildman–Crippen LogP) is 3.89. The molecule has 36 heavy (non-hydrogen) atoms. The fraction of sp³-hybridized carbons (Fsp3) is 0.190. The van der Waals surface area contributed by atoms with E-state index in [1.165, 1.54) is 6.26 Å². The van der Waals surface area contributed by atoms with Gasteiger partial charge in [-0.05, 0) is 49.2 Å². The van der Waals surface area contributed by atoms with Crippen molar-refractivity contribution in [1.82, 2.24) is 25.1 Å². The second-order valence-corrected chi connectivity index (χ2v) is 9.54. The summed E-state index contributed by atoms with van der Waals surface area (Å²) < 4.78 is 55.6. The Labute approximate surface area is 202 Å². The van der Waals surface area contributed by atoms with Crippen molar-refractivity contribution in [2.75, 3.05) is 16.9 Å². The number of carboxylic acid groups (broad SMARTS) is 1. The molecule has 4 rings (SSSR count). The number of benzene rings is 1. The van der Waals surface area contributed by atoms with Gasteiger partial charge >= 0.3 is 12.1 Å². The highest BCUT2D eigenvalue weighted by molar-refractivity contribution is 7.90. The number of aryl methyl sites for hydroxylation is 2. The van der Waals surface area contributed by atoms with Crippen LogP contribution in [0.4, 0.5) is 36.4 Å². The Hall–Kier alpha value is -4.27. The van der Waals surface area contributed by atoms with Crippen LogP contribution < -0.4 is 10.6 Å². The van der Waals surface area contributed by atoms with Crippen LogP contribution in [0.25, 0.3) is 11.0 Å². The van der Waals surface area contributed by atoms with Gasteiger partial charge in [-0.3, -0.25) is 5.10 Å². The second kappa shape index (κ2) is 10.2. The van der Waals surface area contributed by atoms with Gasteiger partial charge in [0.25, 0.3) is 0 Å². The van der Waals surface area contributed by atoms with Crippen molar-refractivity contribution >= 4 is 50.1 Å². The molecule has 0 saturated carbocycles. The van der Waals surface area contributed by atoms with Crippen molar-refractivity contribution in [3.63, 3.8) is 0 Å². The number of carboxylic acids is 1. The van der Waals surface area contributed by atoms with Gasteiger partial charge in [-0.15, -0.1) is 0 Å². The average molecular weight is 523 g/mol. The molecule has 0 atom stereocenters. The highest BCUT2D eigenvalue weighted by Gasteiger charge is 2.38. The number of hydrogen-bond donors (Lipinski definition) is 4. The number of halogens is 3. The van der Waals surface area contributed by atoms with Crippen molar-refractivity contribution < 1.29 is 31.5 Å². The maximum Gasteiger partial charge on any atom is 0.490 e. The predicted molar refractivity (Wildman–Crippen MR) is 125 cm³/mol. The number of fused-ring (bicyclic) bond motifs is 1. The Morgan fingerprint density at radius 2 is 1.78 bits per heavy atom. The molecular weight excluding hydrogens is 503 g/mol. The summed E-state index contributed by atoms with van der Waals surface area (Å²) in [6, 6.07) is 8.80. The van der Waals surface area contributed by atoms with Gasteiger partial charge in [0.05, 0.1) is 10.3 Å². The molecule has 0 bridgehead atoms. The molecular formula is C21H20F3N7O4S. The first kappa shape index (κ1) is 26.3. The van der Waals surface area contributed by atoms with Gasteiger partial charge in [-0.25, -0.2) is 23.2 Å². The third-order valence-electron chi connectivity index (χ3n) is 4.54. The molecule has 11 nitrogen and oxygen atoms in total. The number of hydrogen-bond acceptors (Lipinski definition) is 9. The molecule has 3 heterocycles. The summed E-state index contributed by atoms with van der Waals surface area (Å²) in [5, 5.41) is 21.3. The number of rotatable bonds is 5. The smallest absolute Gasteiger partial charge is 0.475 e. The molecule has 0 aliphatic heterocycles. The van der Waals surface area contributed by atoms with Crippen LogP contribution in [0.5, 0.6) is 0 Å². The zero-order valence-corrected chi connectivity index (χ0v) is 19.9. The highest BCUT2D eigenvalue weighted by Crippen LogP contribution is 2.25. The van der Waals surface area contributed by atoms with E-state index in [1.807, 2.05) is 13.0 Å². The number of nitrogens with zero attached hydrogens (tertiary/aromatic N) is 4. The van der Waals surface area contributed by atoms with Gasteiger partial charge in [0, 0.05) is 24.3 Å². The van der Waals surface area contributed by atoms with Crippen molar-refractivity contribution in [2.24, 2.45) is 0 Å². The average Bonchev–Trinajstić information content (AvgIpc) is 3.16. The number of sulfone groups is 1. The van der Waals surface area contributed by atoms with Crippen LogP contribution in [0.1, 0.15) is 11.1 Å². The minimum Gasteiger partial charge on any atom is -0.475 e. The van der Waals surface area contributed by atoms with Crippen LogP contribution in [0.3, 0.4) is 0 Å². The van der Waals surface area contributed by atoms with E-state index < -0.39 is 22.0 Å². The number of alkyl halides is 3. The summed E-state index contributed by atoms with van der Waals surface area (Å²) >= 11 is 0. The minimum absolute atomic E-state index is 0.267. The third kappa shape index (κ3) is 6.65. The number of H-pyrrole nitrogens is 1. The summed E-state index contributed by atoms with van der Waals surface area (Å²) in [4.78, 5) is 22.1. The van der Waals surface area contributed by atoms with Gasteiger partial charge in [-0.1, -0.05) is 6.07 Å². The van der Waals surface area contributed by atoms with Crippen LogP contribution in [0.2, 0.25) is 0 Å². The maximum atomic E-state index is 11.9. The topological polar surface area (TPSA) is 163 Å². The molecule has 0 aliphatic carbocycles. The van der Waals surface area contributed by atoms with Crippen molar-refractivity contribution in [3.8, 4) is 0 Å². The Morgan fingerprint density at radius 1 is 1.08 bits per heavy atom. The van der Waals surface area contributed by atoms with E-state index in [0.717, 1.165) is 10.9 Å². The summed E-state index contributed by atoms with van der Waals surface area (Å²) in [6.07, 6.45) is -0.539. The second-order valence-electron chi connectivity index (χ2n) is 7.55. The molecule has 4 aromatic rings. The van der Waals surface area contributed by atoms with Gasteiger partial charge in [0.1, 0.15) is 11.6 Å². The lowest BCUT2D eigenvalue weighted by atomic mass is 10.2. The van der Waals surface area contributed by atoms with Crippen LogP contribution in [0, 0.1) is 13.8 Å². The first-order valence-electron chi connectivity index (χ1n) is 10.0. The fourth-order valence-corrected chi connectivity index (χ4v) is 3.92. The standard InChI is InChI=1S/C19H19N7O2S.C2HF3O2/c1-11-8-14-17(21-10-11)25-26-18(14)23-16-6-7-20-19(24-16)22-13-5-4-12(2)15(9-13)29(3,27)28;3-2(4,5)1(6)7/h4-10H,1-3H3,(H3,20,21,22,23,24,25,26);(H,6,7). The van der Waals surface area contributed by atoms with E-state index in [9.17, 15) is 21.6 Å². The quantitative estimate of drug-likeness (QED) is 0.302. The number of anilines is 4. The minimum atomic E-state index is -5.08. The number of aromatic nitrogens is 5. The van der Waals surface area contributed by atoms with E-state index in [0.29, 0.717) is 34.5 Å². The number of aliphatic carboxylic acids is 1. The van der Waals surface area contributed by atoms with Crippen molar-refractivity contribution in [3.05, 3.63) is 53.9 Å². The molecule has 15 heteroatoms. The lowest BCUT2D eigenvalue weighted by molar-refractivity contribution is -0.192. The van der Waals surface area contributed by atoms with Gasteiger partial charge in [0.15, 0.2) is 15.5 Å². The lowest BCUT2D eigenvalue weighted by Crippen LogP contribution is -2.21. The van der Waals surface area contributed by atoms with Gasteiger partial charge < -0.3 is 15.7 Å². The Balaban J connectivity index is 0.000000454. The number of pyridine rings is 1. The van der Waals surface area contributed by atoms with E-state index in [1.54, 1.807) is 43.6 Å². The molecule has 0 unspecified atom stereocenters. The monoisotopic (exact) mass is 523 g/mol. The van der Waals surface area contributed by atoms with E-state index in [2.05, 4.69) is 35.8 Å². The molecule has 0 spiro atoms. The van der Waals surface area contributed by atoms with Crippen LogP contribution in [-0.4, -0.2) is 57.1 Å². The molecule has 0 radical (unpaired) electrons. The van der Waals surface area contributed by atoms with Gasteiger partial charge in [0.2, 0.25) is 5.95 Å². The summed E-state index contributed by atoms with van der Waals surface area (Å²) in [5.74, 6) is -1.20. The van der Waals surface area contributed by atoms with Crippen LogP contribution >= 0.6 is 0 Å². The molecule has 4 N–H and O–H groups in total. The lowest BCUT2D eigenvalue weighted by Gasteiger charge is -2.10. The van der Waals surface area contributed by atoms with Crippen LogP contribution in [-0.2, 0) is 14.6 Å². The molecule has 0 fully saturated rings. The van der Waals surface area contributed by atoms with E-state index in [-0.39, 0.29) is 4.90 Å². The SMILES string of the molecule is Cc1cnc2n[nH]c(Nc3ccnc(Nc4ccc(C)c(S(C)(=O)=O)c4)n3)c2c1.O=C(O)C(F)(F)F. The number of carbonyl (C=O) groups is 1. The summed E-state index contributed by atoms with van der Waals surface area (Å²) in [6.45, 7) is 3.72. The third-order valence-corrected chi connectivity index (χ3v) is 5.78. The molecule has 0 amide bonds. The Morgan fingerprint density at radius 3 is 2.42 bits per heavy atom. The van der Waals surface area contributed by atoms with Gasteiger partial charge in [-0.2, -0.15) is 23.3 Å². The fourth-order valence-electron chi connectivity index (χ4n) is 2.92. The van der Waals surface area contributed by atoms with Crippen LogP contribution in [0.15, 0.2) is 47.6 Å². The molecule has 0 saturated heterocycles. The van der Waals surface area contributed by atoms with Crippen molar-refractivity contribution in [2.45, 2.75) is 24.9 Å². The maximum absolute atomic E-state index is 11.9. The van der Waals surface area contributed by atoms with E-state index >= 15 is 0 Å². The molecule has 1 aromatic carbocycles. The normalized spacial score (nSPS) is 11.5.